The van der Waals surface area contributed by atoms with Crippen LogP contribution in [-0.4, -0.2) is 114 Å². The minimum atomic E-state index is -4.89. The van der Waals surface area contributed by atoms with E-state index in [9.17, 15) is 53.9 Å². The van der Waals surface area contributed by atoms with E-state index in [0.29, 0.717) is 55.4 Å². The van der Waals surface area contributed by atoms with Crippen molar-refractivity contribution in [3.05, 3.63) is 68.8 Å². The number of hydrogen-bond donors (Lipinski definition) is 0. The lowest BCUT2D eigenvalue weighted by Crippen LogP contribution is -2.48. The molecule has 0 spiro atoms. The Labute approximate surface area is 410 Å². The van der Waals surface area contributed by atoms with Crippen LogP contribution in [0.1, 0.15) is 140 Å². The molecule has 3 unspecified atom stereocenters. The van der Waals surface area contributed by atoms with Gasteiger partial charge in [0.05, 0.1) is 30.1 Å². The monoisotopic (exact) mass is 1110 g/mol. The summed E-state index contributed by atoms with van der Waals surface area (Å²) in [6.07, 6.45) is -4.77. The number of ether oxygens (including phenoxy) is 2. The van der Waals surface area contributed by atoms with Crippen LogP contribution in [0.2, 0.25) is 0 Å². The number of esters is 2. The number of amides is 2. The van der Waals surface area contributed by atoms with Crippen molar-refractivity contribution in [2.24, 2.45) is 16.2 Å². The maximum Gasteiger partial charge on any atom is 0.471 e. The van der Waals surface area contributed by atoms with Crippen molar-refractivity contribution < 1.29 is 63.4 Å². The van der Waals surface area contributed by atoms with Gasteiger partial charge in [0.2, 0.25) is 0 Å². The highest BCUT2D eigenvalue weighted by Gasteiger charge is 2.52. The third kappa shape index (κ3) is 18.8. The average molecular weight is 1110 g/mol. The van der Waals surface area contributed by atoms with Gasteiger partial charge in [-0.15, -0.1) is 0 Å². The quantitative estimate of drug-likeness (QED) is 0.0886. The van der Waals surface area contributed by atoms with E-state index in [0.717, 1.165) is 18.9 Å². The van der Waals surface area contributed by atoms with Gasteiger partial charge in [-0.3, -0.25) is 13.8 Å². The van der Waals surface area contributed by atoms with Crippen molar-refractivity contribution in [2.45, 2.75) is 147 Å². The maximum atomic E-state index is 13.0. The van der Waals surface area contributed by atoms with Crippen molar-refractivity contribution >= 4 is 74.3 Å². The molecule has 2 aliphatic rings. The van der Waals surface area contributed by atoms with Crippen LogP contribution in [0.3, 0.4) is 0 Å². The van der Waals surface area contributed by atoms with E-state index < -0.39 is 72.5 Å². The molecule has 378 valence electrons. The number of likely N-dealkylation sites (tertiary alicyclic amines) is 2. The van der Waals surface area contributed by atoms with Gasteiger partial charge >= 0.3 is 36.1 Å². The lowest BCUT2D eigenvalue weighted by molar-refractivity contribution is -0.188. The van der Waals surface area contributed by atoms with Crippen LogP contribution in [0, 0.1) is 15.4 Å². The lowest BCUT2D eigenvalue weighted by atomic mass is 9.88. The fourth-order valence-electron chi connectivity index (χ4n) is 7.70. The Morgan fingerprint density at radius 1 is 0.716 bits per heavy atom. The van der Waals surface area contributed by atoms with Crippen molar-refractivity contribution in [3.63, 3.8) is 0 Å². The highest BCUT2D eigenvalue weighted by Crippen LogP contribution is 2.40. The van der Waals surface area contributed by atoms with Crippen LogP contribution >= 0.6 is 22.6 Å². The molecule has 0 N–H and O–H groups in total. The summed E-state index contributed by atoms with van der Waals surface area (Å²) in [5.74, 6) is -4.07. The molecule has 2 saturated heterocycles. The normalized spacial score (nSPS) is 19.6. The standard InChI is InChI=1S/C24H34F3NO4S.C15H25F3N2O2S.C8H7IO2/c1-22(2,3)33(31)15-19(17-9-11-18(12-10-17)20(29)32-6)8-7-16-13-23(4,5)28(14-16)21(30)24(25,26)27;1-13(2,3)23(22)19-8-6-7-11-9-14(4,5)20(10-11)12(21)15(16,17)18;1-11-8(10)6-2-4-7(9)5-3-6/h9-12,16,19H,7-8,13-15H2,1-6H3;8,11H,6-7,9-10H2,1-5H3;2-5H,1H3/t16-,19?,33?;11-,23?;/m00./s1. The SMILES string of the molecule is CC1(C)C[C@H](CCC=NS(=O)C(C)(C)C)CN1C(=O)C(F)(F)F.COC(=O)c1ccc(C(CC[C@@H]2CN(C(=O)C(F)(F)F)C(C)(C)C2)CS(=O)C(C)(C)C)cc1.COC(=O)c1ccc(I)cc1. The first-order valence-electron chi connectivity index (χ1n) is 21.7. The number of benzene rings is 2. The van der Waals surface area contributed by atoms with Crippen LogP contribution in [0.25, 0.3) is 0 Å². The van der Waals surface area contributed by atoms with E-state index in [1.165, 1.54) is 14.2 Å². The molecule has 2 aliphatic heterocycles. The molecule has 0 bridgehead atoms. The van der Waals surface area contributed by atoms with E-state index in [4.69, 9.17) is 4.74 Å². The molecule has 0 radical (unpaired) electrons. The first-order valence-corrected chi connectivity index (χ1v) is 25.2. The van der Waals surface area contributed by atoms with E-state index in [2.05, 4.69) is 31.7 Å². The second-order valence-electron chi connectivity index (χ2n) is 19.8. The van der Waals surface area contributed by atoms with Gasteiger partial charge in [-0.05, 0) is 190 Å². The summed E-state index contributed by atoms with van der Waals surface area (Å²) in [4.78, 5) is 47.9. The molecule has 20 heteroatoms. The molecule has 2 aromatic carbocycles. The molecular weight excluding hydrogens is 1040 g/mol. The van der Waals surface area contributed by atoms with Crippen molar-refractivity contribution in [3.8, 4) is 0 Å². The number of methoxy groups -OCH3 is 2. The highest BCUT2D eigenvalue weighted by atomic mass is 127. The van der Waals surface area contributed by atoms with Gasteiger partial charge in [-0.25, -0.2) is 13.8 Å². The van der Waals surface area contributed by atoms with Gasteiger partial charge in [-0.1, -0.05) is 12.1 Å². The number of alkyl halides is 6. The fourth-order valence-corrected chi connectivity index (χ4v) is 9.84. The summed E-state index contributed by atoms with van der Waals surface area (Å²) in [7, 11) is 0.224. The Balaban J connectivity index is 0.000000390. The Hall–Kier alpha value is -3.40. The van der Waals surface area contributed by atoms with Crippen LogP contribution in [0.15, 0.2) is 52.9 Å². The van der Waals surface area contributed by atoms with Gasteiger partial charge < -0.3 is 19.3 Å². The summed E-state index contributed by atoms with van der Waals surface area (Å²) in [5.41, 5.74) is 0.246. The highest BCUT2D eigenvalue weighted by molar-refractivity contribution is 14.1. The second-order valence-corrected chi connectivity index (χ2v) is 25.3. The van der Waals surface area contributed by atoms with Crippen LogP contribution in [-0.2, 0) is 40.8 Å². The van der Waals surface area contributed by atoms with Gasteiger partial charge in [0.25, 0.3) is 0 Å². The Morgan fingerprint density at radius 2 is 1.12 bits per heavy atom. The Morgan fingerprint density at radius 3 is 1.49 bits per heavy atom. The Kier molecular flexibility index (Phi) is 21.8. The number of carbonyl (C=O) groups is 4. The molecule has 67 heavy (non-hydrogen) atoms. The zero-order valence-electron chi connectivity index (χ0n) is 40.4. The molecule has 2 amide bonds. The molecular formula is C47H66F6IN3O8S2. The average Bonchev–Trinajstić information content (AvgIpc) is 3.71. The van der Waals surface area contributed by atoms with E-state index in [1.807, 2.05) is 65.8 Å². The van der Waals surface area contributed by atoms with Gasteiger partial charge in [0.15, 0.2) is 0 Å². The van der Waals surface area contributed by atoms with Crippen molar-refractivity contribution in [1.29, 1.82) is 0 Å². The van der Waals surface area contributed by atoms with Crippen LogP contribution < -0.4 is 0 Å². The molecule has 2 fully saturated rings. The van der Waals surface area contributed by atoms with E-state index in [-0.39, 0.29) is 36.8 Å². The number of halogens is 7. The summed E-state index contributed by atoms with van der Waals surface area (Å²) in [6.45, 7) is 18.0. The molecule has 0 aliphatic carbocycles. The summed E-state index contributed by atoms with van der Waals surface area (Å²) in [6, 6.07) is 14.2. The number of nitrogens with zero attached hydrogens (tertiary/aromatic N) is 3. The van der Waals surface area contributed by atoms with E-state index in [1.54, 1.807) is 58.2 Å². The number of rotatable bonds is 12. The zero-order chi connectivity index (χ0) is 51.5. The first kappa shape index (κ1) is 59.7. The minimum Gasteiger partial charge on any atom is -0.465 e. The van der Waals surface area contributed by atoms with Crippen LogP contribution in [0.4, 0.5) is 26.3 Å². The molecule has 11 nitrogen and oxygen atoms in total. The first-order chi connectivity index (χ1) is 30.5. The topological polar surface area (TPSA) is 140 Å². The summed E-state index contributed by atoms with van der Waals surface area (Å²) >= 11 is 2.18. The third-order valence-corrected chi connectivity index (χ3v) is 15.5. The van der Waals surface area contributed by atoms with E-state index >= 15 is 0 Å². The number of hydrogen-bond acceptors (Lipinski definition) is 8. The van der Waals surface area contributed by atoms with Gasteiger partial charge in [-0.2, -0.15) is 30.7 Å². The van der Waals surface area contributed by atoms with Crippen LogP contribution in [0.5, 0.6) is 0 Å². The molecule has 4 rings (SSSR count). The second kappa shape index (κ2) is 24.4. The molecule has 5 atom stereocenters. The molecule has 2 heterocycles. The summed E-state index contributed by atoms with van der Waals surface area (Å²) < 4.78 is 115. The predicted molar refractivity (Wildman–Crippen MR) is 259 cm³/mol. The largest absolute Gasteiger partial charge is 0.471 e. The minimum absolute atomic E-state index is 0.00850. The van der Waals surface area contributed by atoms with Gasteiger partial charge in [0.1, 0.15) is 11.0 Å². The smallest absolute Gasteiger partial charge is 0.465 e. The molecule has 0 saturated carbocycles. The maximum absolute atomic E-state index is 13.0. The van der Waals surface area contributed by atoms with Crippen molar-refractivity contribution in [2.75, 3.05) is 33.1 Å². The Bertz CT molecular complexity index is 2070. The third-order valence-electron chi connectivity index (χ3n) is 11.3. The zero-order valence-corrected chi connectivity index (χ0v) is 44.2. The fraction of sp³-hybridized carbons (Fsp3) is 0.638. The van der Waals surface area contributed by atoms with Gasteiger partial charge in [0, 0.05) is 55.3 Å². The number of carbonyl (C=O) groups excluding carboxylic acids is 4. The predicted octanol–water partition coefficient (Wildman–Crippen LogP) is 10.6. The lowest BCUT2D eigenvalue weighted by Gasteiger charge is -2.31. The van der Waals surface area contributed by atoms with Crippen molar-refractivity contribution in [1.82, 2.24) is 9.80 Å². The molecule has 2 aromatic rings. The molecule has 0 aromatic heterocycles. The summed E-state index contributed by atoms with van der Waals surface area (Å²) in [5, 5.41) is 0.